The summed E-state index contributed by atoms with van der Waals surface area (Å²) in [6, 6.07) is 5.62. The maximum atomic E-state index is 11.4. The number of benzene rings is 1. The maximum Gasteiger partial charge on any atom is 0.407 e. The molecular formula is C23H31N5O5. The van der Waals surface area contributed by atoms with Crippen molar-refractivity contribution in [2.24, 2.45) is 0 Å². The second-order valence-corrected chi connectivity index (χ2v) is 8.18. The fourth-order valence-electron chi connectivity index (χ4n) is 4.38. The standard InChI is InChI=1S/C23H31N5O5/c1-3-8-28-19(14-31-2)26-20-21(28)17-12-16(6-7-18(17)25-22(20)24)33-10-4-5-15-13-32-11-9-27(15)23(29)30/h6-7,12,15H,3-5,8-11,13-14H2,1-2H3,(H2,24,25)(H,29,30). The van der Waals surface area contributed by atoms with Crippen molar-refractivity contribution in [3.05, 3.63) is 24.0 Å². The lowest BCUT2D eigenvalue weighted by atomic mass is 10.1. The number of hydrogen-bond donors (Lipinski definition) is 2. The Kier molecular flexibility index (Phi) is 7.14. The lowest BCUT2D eigenvalue weighted by Gasteiger charge is -2.33. The highest BCUT2D eigenvalue weighted by Gasteiger charge is 2.26. The third-order valence-corrected chi connectivity index (χ3v) is 5.90. The Hall–Kier alpha value is -3.11. The number of pyridine rings is 1. The molecule has 2 aromatic heterocycles. The van der Waals surface area contributed by atoms with Crippen LogP contribution in [-0.4, -0.2) is 70.2 Å². The number of carboxylic acid groups (broad SMARTS) is 1. The predicted molar refractivity (Wildman–Crippen MR) is 125 cm³/mol. The topological polar surface area (TPSA) is 125 Å². The molecule has 1 amide bonds. The Morgan fingerprint density at radius 1 is 1.36 bits per heavy atom. The van der Waals surface area contributed by atoms with Gasteiger partial charge in [-0.2, -0.15) is 0 Å². The second kappa shape index (κ2) is 10.2. The molecule has 10 heteroatoms. The first-order valence-electron chi connectivity index (χ1n) is 11.3. The molecular weight excluding hydrogens is 426 g/mol. The fourth-order valence-corrected chi connectivity index (χ4v) is 4.38. The van der Waals surface area contributed by atoms with Crippen molar-refractivity contribution in [1.29, 1.82) is 0 Å². The summed E-state index contributed by atoms with van der Waals surface area (Å²) in [7, 11) is 1.65. The van der Waals surface area contributed by atoms with Crippen LogP contribution in [0, 0.1) is 0 Å². The van der Waals surface area contributed by atoms with E-state index in [1.54, 1.807) is 7.11 Å². The molecule has 1 saturated heterocycles. The molecule has 0 saturated carbocycles. The Morgan fingerprint density at radius 2 is 2.21 bits per heavy atom. The molecule has 1 unspecified atom stereocenters. The Morgan fingerprint density at radius 3 is 2.97 bits per heavy atom. The van der Waals surface area contributed by atoms with Gasteiger partial charge >= 0.3 is 6.09 Å². The highest BCUT2D eigenvalue weighted by molar-refractivity contribution is 6.07. The van der Waals surface area contributed by atoms with Crippen LogP contribution in [0.5, 0.6) is 5.75 Å². The van der Waals surface area contributed by atoms with Crippen molar-refractivity contribution in [3.63, 3.8) is 0 Å². The minimum absolute atomic E-state index is 0.133. The van der Waals surface area contributed by atoms with Crippen LogP contribution in [0.2, 0.25) is 0 Å². The number of nitrogens with two attached hydrogens (primary N) is 1. The molecule has 3 heterocycles. The van der Waals surface area contributed by atoms with Gasteiger partial charge in [-0.1, -0.05) is 6.92 Å². The van der Waals surface area contributed by atoms with Gasteiger partial charge in [-0.15, -0.1) is 0 Å². The Bertz CT molecular complexity index is 1130. The fraction of sp³-hybridized carbons (Fsp3) is 0.522. The average Bonchev–Trinajstić information content (AvgIpc) is 3.17. The molecule has 10 nitrogen and oxygen atoms in total. The number of nitrogens with zero attached hydrogens (tertiary/aromatic N) is 4. The van der Waals surface area contributed by atoms with E-state index in [2.05, 4.69) is 16.5 Å². The number of rotatable bonds is 9. The van der Waals surface area contributed by atoms with Crippen molar-refractivity contribution in [3.8, 4) is 5.75 Å². The number of fused-ring (bicyclic) bond motifs is 3. The normalized spacial score (nSPS) is 16.5. The maximum absolute atomic E-state index is 11.4. The van der Waals surface area contributed by atoms with Gasteiger partial charge in [0.25, 0.3) is 0 Å². The van der Waals surface area contributed by atoms with Crippen molar-refractivity contribution in [1.82, 2.24) is 19.4 Å². The number of nitrogen functional groups attached to an aromatic ring is 1. The van der Waals surface area contributed by atoms with Gasteiger partial charge in [0, 0.05) is 25.6 Å². The molecule has 0 radical (unpaired) electrons. The number of amides is 1. The summed E-state index contributed by atoms with van der Waals surface area (Å²) in [4.78, 5) is 22.1. The summed E-state index contributed by atoms with van der Waals surface area (Å²) in [6.07, 6.45) is 1.45. The van der Waals surface area contributed by atoms with Gasteiger partial charge in [-0.25, -0.2) is 14.8 Å². The van der Waals surface area contributed by atoms with Crippen LogP contribution in [0.15, 0.2) is 18.2 Å². The number of anilines is 1. The first-order chi connectivity index (χ1) is 16.0. The molecule has 33 heavy (non-hydrogen) atoms. The van der Waals surface area contributed by atoms with Crippen LogP contribution in [0.3, 0.4) is 0 Å². The highest BCUT2D eigenvalue weighted by atomic mass is 16.5. The van der Waals surface area contributed by atoms with E-state index < -0.39 is 6.09 Å². The summed E-state index contributed by atoms with van der Waals surface area (Å²) < 4.78 is 18.9. The third-order valence-electron chi connectivity index (χ3n) is 5.90. The van der Waals surface area contributed by atoms with Crippen LogP contribution in [0.4, 0.5) is 10.6 Å². The number of morpholine rings is 1. The van der Waals surface area contributed by atoms with Crippen LogP contribution >= 0.6 is 0 Å². The van der Waals surface area contributed by atoms with Gasteiger partial charge < -0.3 is 34.5 Å². The Labute approximate surface area is 192 Å². The van der Waals surface area contributed by atoms with E-state index in [0.717, 1.165) is 47.4 Å². The van der Waals surface area contributed by atoms with Crippen LogP contribution < -0.4 is 10.5 Å². The van der Waals surface area contributed by atoms with Gasteiger partial charge in [0.15, 0.2) is 5.82 Å². The lowest BCUT2D eigenvalue weighted by Crippen LogP contribution is -2.48. The first-order valence-corrected chi connectivity index (χ1v) is 11.3. The molecule has 1 atom stereocenters. The molecule has 0 bridgehead atoms. The smallest absolute Gasteiger partial charge is 0.407 e. The van der Waals surface area contributed by atoms with Gasteiger partial charge in [-0.3, -0.25) is 0 Å². The molecule has 1 aliphatic heterocycles. The second-order valence-electron chi connectivity index (χ2n) is 8.18. The molecule has 3 N–H and O–H groups in total. The SMILES string of the molecule is CCCn1c(COC)nc2c(N)nc3ccc(OCCCC4COCCN4C(=O)O)cc3c21. The van der Waals surface area contributed by atoms with E-state index in [0.29, 0.717) is 50.7 Å². The molecule has 4 rings (SSSR count). The first kappa shape index (κ1) is 23.1. The van der Waals surface area contributed by atoms with Crippen LogP contribution in [0.25, 0.3) is 21.9 Å². The number of carbonyl (C=O) groups is 1. The molecule has 1 fully saturated rings. The molecule has 178 valence electrons. The number of ether oxygens (including phenoxy) is 3. The minimum atomic E-state index is -0.897. The molecule has 0 aliphatic carbocycles. The van der Waals surface area contributed by atoms with Gasteiger partial charge in [0.1, 0.15) is 23.7 Å². The van der Waals surface area contributed by atoms with Gasteiger partial charge in [-0.05, 0) is 37.5 Å². The molecule has 1 aromatic carbocycles. The zero-order chi connectivity index (χ0) is 23.4. The quantitative estimate of drug-likeness (QED) is 0.469. The number of aromatic nitrogens is 3. The van der Waals surface area contributed by atoms with E-state index in [1.807, 2.05) is 18.2 Å². The van der Waals surface area contributed by atoms with E-state index >= 15 is 0 Å². The van der Waals surface area contributed by atoms with Crippen molar-refractivity contribution >= 4 is 33.8 Å². The monoisotopic (exact) mass is 457 g/mol. The number of aryl methyl sites for hydroxylation is 1. The third kappa shape index (κ3) is 4.81. The molecule has 0 spiro atoms. The van der Waals surface area contributed by atoms with E-state index in [4.69, 9.17) is 24.9 Å². The Balaban J connectivity index is 1.54. The van der Waals surface area contributed by atoms with Crippen LogP contribution in [-0.2, 0) is 22.6 Å². The van der Waals surface area contributed by atoms with E-state index in [9.17, 15) is 9.90 Å². The molecule has 1 aliphatic rings. The average molecular weight is 458 g/mol. The summed E-state index contributed by atoms with van der Waals surface area (Å²) in [5.74, 6) is 1.94. The predicted octanol–water partition coefficient (Wildman–Crippen LogP) is 3.26. The van der Waals surface area contributed by atoms with Gasteiger partial charge in [0.2, 0.25) is 0 Å². The minimum Gasteiger partial charge on any atom is -0.494 e. The number of methoxy groups -OCH3 is 1. The zero-order valence-corrected chi connectivity index (χ0v) is 19.1. The molecule has 3 aromatic rings. The summed E-state index contributed by atoms with van der Waals surface area (Å²) in [5.41, 5.74) is 8.61. The zero-order valence-electron chi connectivity index (χ0n) is 19.1. The summed E-state index contributed by atoms with van der Waals surface area (Å²) in [5, 5.41) is 10.3. The van der Waals surface area contributed by atoms with E-state index in [1.165, 1.54) is 4.90 Å². The lowest BCUT2D eigenvalue weighted by molar-refractivity contribution is -0.00414. The summed E-state index contributed by atoms with van der Waals surface area (Å²) in [6.45, 7) is 5.07. The highest BCUT2D eigenvalue weighted by Crippen LogP contribution is 2.31. The van der Waals surface area contributed by atoms with E-state index in [-0.39, 0.29) is 6.04 Å². The summed E-state index contributed by atoms with van der Waals surface area (Å²) >= 11 is 0. The number of hydrogen-bond acceptors (Lipinski definition) is 7. The van der Waals surface area contributed by atoms with Crippen LogP contribution in [0.1, 0.15) is 32.0 Å². The van der Waals surface area contributed by atoms with Crippen molar-refractivity contribution in [2.45, 2.75) is 45.4 Å². The van der Waals surface area contributed by atoms with Gasteiger partial charge in [0.05, 0.1) is 36.9 Å². The van der Waals surface area contributed by atoms with Crippen molar-refractivity contribution < 1.29 is 24.1 Å². The van der Waals surface area contributed by atoms with Crippen molar-refractivity contribution in [2.75, 3.05) is 39.2 Å². The number of imidazole rings is 1. The largest absolute Gasteiger partial charge is 0.494 e.